The van der Waals surface area contributed by atoms with Gasteiger partial charge in [-0.15, -0.1) is 11.3 Å². The van der Waals surface area contributed by atoms with Crippen LogP contribution < -0.4 is 16.4 Å². The lowest BCUT2D eigenvalue weighted by atomic mass is 10.3. The molecule has 0 saturated heterocycles. The summed E-state index contributed by atoms with van der Waals surface area (Å²) in [4.78, 5) is 33.0. The molecule has 8 heteroatoms. The molecule has 0 bridgehead atoms. The average molecular weight is 271 g/mol. The number of nitrogens with two attached hydrogens (primary N) is 1. The lowest BCUT2D eigenvalue weighted by Gasteiger charge is -2.09. The molecular formula is C10H13N3O4S. The van der Waals surface area contributed by atoms with E-state index in [0.717, 1.165) is 0 Å². The number of carboxylic acids is 1. The van der Waals surface area contributed by atoms with Gasteiger partial charge in [0.15, 0.2) is 0 Å². The number of thiophene rings is 1. The number of amides is 2. The van der Waals surface area contributed by atoms with E-state index < -0.39 is 23.8 Å². The third kappa shape index (κ3) is 3.82. The number of carbonyl (C=O) groups excluding carboxylic acids is 2. The fraction of sp³-hybridized carbons (Fsp3) is 0.300. The first-order valence-corrected chi connectivity index (χ1v) is 5.93. The number of rotatable bonds is 6. The van der Waals surface area contributed by atoms with E-state index in [9.17, 15) is 14.4 Å². The van der Waals surface area contributed by atoms with Gasteiger partial charge in [-0.05, 0) is 18.4 Å². The Kier molecular flexibility index (Phi) is 4.81. The quantitative estimate of drug-likeness (QED) is 0.573. The molecule has 5 N–H and O–H groups in total. The van der Waals surface area contributed by atoms with Crippen LogP contribution in [0, 0.1) is 0 Å². The standard InChI is InChI=1S/C10H13N3O4S/c1-5(10(16)17)12-4-7(14)13-9-6(8(11)15)2-3-18-9/h2-3,5,12H,4H2,1H3,(H2,11,15)(H,13,14)(H,16,17). The van der Waals surface area contributed by atoms with E-state index in [1.807, 2.05) is 0 Å². The minimum Gasteiger partial charge on any atom is -0.480 e. The molecule has 0 fully saturated rings. The Hall–Kier alpha value is -1.93. The largest absolute Gasteiger partial charge is 0.480 e. The van der Waals surface area contributed by atoms with Crippen LogP contribution in [0.4, 0.5) is 5.00 Å². The summed E-state index contributed by atoms with van der Waals surface area (Å²) in [6.45, 7) is 1.26. The molecule has 0 aliphatic rings. The van der Waals surface area contributed by atoms with Crippen LogP contribution in [0.15, 0.2) is 11.4 Å². The van der Waals surface area contributed by atoms with E-state index >= 15 is 0 Å². The maximum Gasteiger partial charge on any atom is 0.320 e. The van der Waals surface area contributed by atoms with Crippen molar-refractivity contribution in [3.05, 3.63) is 17.0 Å². The van der Waals surface area contributed by atoms with Crippen LogP contribution in [0.3, 0.4) is 0 Å². The second-order valence-corrected chi connectivity index (χ2v) is 4.43. The Morgan fingerprint density at radius 3 is 2.72 bits per heavy atom. The van der Waals surface area contributed by atoms with Crippen molar-refractivity contribution in [1.82, 2.24) is 5.32 Å². The zero-order chi connectivity index (χ0) is 13.7. The van der Waals surface area contributed by atoms with Gasteiger partial charge < -0.3 is 16.2 Å². The molecule has 1 atom stereocenters. The van der Waals surface area contributed by atoms with Crippen molar-refractivity contribution in [2.45, 2.75) is 13.0 Å². The van der Waals surface area contributed by atoms with Crippen LogP contribution in [0.1, 0.15) is 17.3 Å². The van der Waals surface area contributed by atoms with Gasteiger partial charge >= 0.3 is 5.97 Å². The van der Waals surface area contributed by atoms with E-state index in [1.54, 1.807) is 5.38 Å². The number of hydrogen-bond acceptors (Lipinski definition) is 5. The molecule has 1 heterocycles. The van der Waals surface area contributed by atoms with Gasteiger partial charge in [0, 0.05) is 0 Å². The summed E-state index contributed by atoms with van der Waals surface area (Å²) >= 11 is 1.17. The first-order chi connectivity index (χ1) is 8.41. The highest BCUT2D eigenvalue weighted by Crippen LogP contribution is 2.22. The van der Waals surface area contributed by atoms with Crippen LogP contribution in [0.25, 0.3) is 0 Å². The van der Waals surface area contributed by atoms with Crippen LogP contribution in [-0.2, 0) is 9.59 Å². The number of anilines is 1. The Bertz CT molecular complexity index is 471. The molecule has 98 valence electrons. The summed E-state index contributed by atoms with van der Waals surface area (Å²) < 4.78 is 0. The maximum atomic E-state index is 11.5. The smallest absolute Gasteiger partial charge is 0.320 e. The van der Waals surface area contributed by atoms with E-state index in [1.165, 1.54) is 24.3 Å². The van der Waals surface area contributed by atoms with E-state index in [2.05, 4.69) is 10.6 Å². The monoisotopic (exact) mass is 271 g/mol. The second-order valence-electron chi connectivity index (χ2n) is 3.52. The first kappa shape index (κ1) is 14.1. The predicted octanol–water partition coefficient (Wildman–Crippen LogP) is -0.152. The Balaban J connectivity index is 2.52. The molecule has 1 aromatic heterocycles. The highest BCUT2D eigenvalue weighted by atomic mass is 32.1. The molecule has 18 heavy (non-hydrogen) atoms. The number of nitrogens with one attached hydrogen (secondary N) is 2. The van der Waals surface area contributed by atoms with Crippen molar-refractivity contribution in [2.75, 3.05) is 11.9 Å². The lowest BCUT2D eigenvalue weighted by molar-refractivity contribution is -0.139. The number of carboxylic acid groups (broad SMARTS) is 1. The lowest BCUT2D eigenvalue weighted by Crippen LogP contribution is -2.39. The zero-order valence-electron chi connectivity index (χ0n) is 9.60. The SMILES string of the molecule is CC(NCC(=O)Nc1sccc1C(N)=O)C(=O)O. The molecule has 0 saturated carbocycles. The molecule has 1 aromatic rings. The first-order valence-electron chi connectivity index (χ1n) is 5.05. The van der Waals surface area contributed by atoms with E-state index in [4.69, 9.17) is 10.8 Å². The van der Waals surface area contributed by atoms with Crippen molar-refractivity contribution < 1.29 is 19.5 Å². The average Bonchev–Trinajstić information content (AvgIpc) is 2.73. The third-order valence-corrected chi connectivity index (χ3v) is 2.95. The van der Waals surface area contributed by atoms with Gasteiger partial charge in [0.2, 0.25) is 5.91 Å². The molecule has 1 rings (SSSR count). The molecule has 2 amide bonds. The van der Waals surface area contributed by atoms with E-state index in [0.29, 0.717) is 5.00 Å². The summed E-state index contributed by atoms with van der Waals surface area (Å²) in [6.07, 6.45) is 0. The minimum atomic E-state index is -1.04. The fourth-order valence-corrected chi connectivity index (χ4v) is 1.91. The van der Waals surface area contributed by atoms with Gasteiger partial charge in [0.25, 0.3) is 5.91 Å². The molecule has 7 nitrogen and oxygen atoms in total. The van der Waals surface area contributed by atoms with Crippen LogP contribution in [0.5, 0.6) is 0 Å². The molecule has 0 aliphatic heterocycles. The summed E-state index contributed by atoms with van der Waals surface area (Å²) in [6, 6.07) is 0.685. The van der Waals surface area contributed by atoms with Gasteiger partial charge in [-0.2, -0.15) is 0 Å². The van der Waals surface area contributed by atoms with Crippen molar-refractivity contribution in [3.8, 4) is 0 Å². The minimum absolute atomic E-state index is 0.163. The predicted molar refractivity (Wildman–Crippen MR) is 66.6 cm³/mol. The van der Waals surface area contributed by atoms with Gasteiger partial charge in [-0.1, -0.05) is 0 Å². The molecule has 0 aromatic carbocycles. The van der Waals surface area contributed by atoms with Gasteiger partial charge in [-0.3, -0.25) is 19.7 Å². The number of carbonyl (C=O) groups is 3. The van der Waals surface area contributed by atoms with Crippen molar-refractivity contribution in [1.29, 1.82) is 0 Å². The van der Waals surface area contributed by atoms with Gasteiger partial charge in [0.05, 0.1) is 12.1 Å². The van der Waals surface area contributed by atoms with Gasteiger partial charge in [0.1, 0.15) is 11.0 Å². The fourth-order valence-electron chi connectivity index (χ4n) is 1.10. The molecular weight excluding hydrogens is 258 g/mol. The molecule has 0 radical (unpaired) electrons. The highest BCUT2D eigenvalue weighted by Gasteiger charge is 2.14. The summed E-state index contributed by atoms with van der Waals surface area (Å²) in [5, 5.41) is 15.6. The second kappa shape index (κ2) is 6.12. The van der Waals surface area contributed by atoms with Gasteiger partial charge in [-0.25, -0.2) is 0 Å². The van der Waals surface area contributed by atoms with Crippen LogP contribution in [0.2, 0.25) is 0 Å². The summed E-state index contributed by atoms with van der Waals surface area (Å²) in [5.41, 5.74) is 5.36. The zero-order valence-corrected chi connectivity index (χ0v) is 10.4. The number of aliphatic carboxylic acids is 1. The summed E-state index contributed by atoms with van der Waals surface area (Å²) in [5.74, 6) is -2.11. The van der Waals surface area contributed by atoms with Crippen molar-refractivity contribution >= 4 is 34.1 Å². The number of hydrogen-bond donors (Lipinski definition) is 4. The molecule has 0 aliphatic carbocycles. The van der Waals surface area contributed by atoms with Crippen LogP contribution >= 0.6 is 11.3 Å². The van der Waals surface area contributed by atoms with E-state index in [-0.39, 0.29) is 12.1 Å². The molecule has 0 spiro atoms. The van der Waals surface area contributed by atoms with Crippen molar-refractivity contribution in [2.24, 2.45) is 5.73 Å². The Labute approximate surface area is 107 Å². The summed E-state index contributed by atoms with van der Waals surface area (Å²) in [7, 11) is 0. The topological polar surface area (TPSA) is 122 Å². The normalized spacial score (nSPS) is 11.8. The Morgan fingerprint density at radius 2 is 2.17 bits per heavy atom. The third-order valence-electron chi connectivity index (χ3n) is 2.12. The van der Waals surface area contributed by atoms with Crippen molar-refractivity contribution in [3.63, 3.8) is 0 Å². The highest BCUT2D eigenvalue weighted by molar-refractivity contribution is 7.14. The maximum absolute atomic E-state index is 11.5. The van der Waals surface area contributed by atoms with Crippen LogP contribution in [-0.4, -0.2) is 35.5 Å². The number of primary amides is 1. The molecule has 1 unspecified atom stereocenters. The Morgan fingerprint density at radius 1 is 1.50 bits per heavy atom.